The number of halogens is 1. The smallest absolute Gasteiger partial charge is 0.223 e. The molecule has 1 aliphatic carbocycles. The van der Waals surface area contributed by atoms with Gasteiger partial charge in [-0.1, -0.05) is 28.1 Å². The van der Waals surface area contributed by atoms with Crippen molar-refractivity contribution in [3.8, 4) is 11.3 Å². The summed E-state index contributed by atoms with van der Waals surface area (Å²) in [5, 5.41) is 6.27. The van der Waals surface area contributed by atoms with Crippen molar-refractivity contribution in [2.24, 2.45) is 5.92 Å². The van der Waals surface area contributed by atoms with E-state index in [0.717, 1.165) is 40.0 Å². The van der Waals surface area contributed by atoms with E-state index in [0.29, 0.717) is 12.5 Å². The van der Waals surface area contributed by atoms with Crippen LogP contribution in [0.25, 0.3) is 11.3 Å². The van der Waals surface area contributed by atoms with Crippen LogP contribution in [0.1, 0.15) is 29.3 Å². The zero-order valence-corrected chi connectivity index (χ0v) is 17.2. The minimum absolute atomic E-state index is 0.123. The van der Waals surface area contributed by atoms with Crippen molar-refractivity contribution in [2.45, 2.75) is 25.2 Å². The third-order valence-electron chi connectivity index (χ3n) is 4.80. The second-order valence-electron chi connectivity index (χ2n) is 6.76. The van der Waals surface area contributed by atoms with Crippen molar-refractivity contribution < 1.29 is 4.79 Å². The number of nitrogens with zero attached hydrogens (tertiary/aromatic N) is 2. The first kappa shape index (κ1) is 18.3. The first-order chi connectivity index (χ1) is 13.2. The van der Waals surface area contributed by atoms with Crippen LogP contribution >= 0.6 is 27.3 Å². The fourth-order valence-corrected chi connectivity index (χ4v) is 4.52. The molecule has 0 bridgehead atoms. The number of benzene rings is 1. The molecule has 0 spiro atoms. The van der Waals surface area contributed by atoms with Crippen molar-refractivity contribution in [1.82, 2.24) is 15.3 Å². The van der Waals surface area contributed by atoms with Crippen LogP contribution in [0.3, 0.4) is 0 Å². The average molecular weight is 442 g/mol. The number of hydrogen-bond acceptors (Lipinski definition) is 4. The van der Waals surface area contributed by atoms with Crippen LogP contribution in [-0.4, -0.2) is 22.4 Å². The van der Waals surface area contributed by atoms with Gasteiger partial charge in [0.1, 0.15) is 0 Å². The van der Waals surface area contributed by atoms with Gasteiger partial charge in [0, 0.05) is 46.7 Å². The van der Waals surface area contributed by atoms with Crippen LogP contribution in [0, 0.1) is 5.92 Å². The number of carbonyl (C=O) groups is 1. The summed E-state index contributed by atoms with van der Waals surface area (Å²) in [5.41, 5.74) is 3.33. The maximum absolute atomic E-state index is 12.3. The molecule has 3 aromatic rings. The fourth-order valence-electron chi connectivity index (χ4n) is 3.25. The van der Waals surface area contributed by atoms with E-state index in [-0.39, 0.29) is 11.8 Å². The average Bonchev–Trinajstić information content (AvgIpc) is 3.36. The molecule has 2 heterocycles. The second-order valence-corrected chi connectivity index (χ2v) is 8.62. The topological polar surface area (TPSA) is 54.9 Å². The summed E-state index contributed by atoms with van der Waals surface area (Å²) in [4.78, 5) is 21.0. The molecule has 2 unspecified atom stereocenters. The molecule has 1 saturated carbocycles. The molecule has 0 saturated heterocycles. The highest BCUT2D eigenvalue weighted by atomic mass is 79.9. The Bertz CT molecular complexity index is 928. The Hall–Kier alpha value is -2.05. The number of thiazole rings is 1. The first-order valence-corrected chi connectivity index (χ1v) is 10.8. The molecule has 1 amide bonds. The van der Waals surface area contributed by atoms with E-state index in [1.54, 1.807) is 23.7 Å². The zero-order valence-electron chi connectivity index (χ0n) is 14.8. The van der Waals surface area contributed by atoms with Crippen LogP contribution in [0.2, 0.25) is 0 Å². The maximum atomic E-state index is 12.3. The summed E-state index contributed by atoms with van der Waals surface area (Å²) >= 11 is 5.17. The maximum Gasteiger partial charge on any atom is 0.223 e. The molecule has 1 N–H and O–H groups in total. The molecule has 1 fully saturated rings. The van der Waals surface area contributed by atoms with Gasteiger partial charge >= 0.3 is 0 Å². The van der Waals surface area contributed by atoms with Crippen molar-refractivity contribution >= 4 is 33.2 Å². The summed E-state index contributed by atoms with van der Waals surface area (Å²) in [6.07, 6.45) is 6.30. The Morgan fingerprint density at radius 2 is 2.11 bits per heavy atom. The fraction of sp³-hybridized carbons (Fsp3) is 0.286. The Balaban J connectivity index is 1.21. The number of aryl methyl sites for hydroxylation is 1. The summed E-state index contributed by atoms with van der Waals surface area (Å²) in [6.45, 7) is 0.699. The molecule has 0 aliphatic heterocycles. The zero-order chi connectivity index (χ0) is 18.6. The predicted octanol–water partition coefficient (Wildman–Crippen LogP) is 4.82. The van der Waals surface area contributed by atoms with E-state index < -0.39 is 0 Å². The summed E-state index contributed by atoms with van der Waals surface area (Å²) < 4.78 is 1.07. The highest BCUT2D eigenvalue weighted by Crippen LogP contribution is 2.47. The minimum Gasteiger partial charge on any atom is -0.356 e. The molecular formula is C21H20BrN3OS. The quantitative estimate of drug-likeness (QED) is 0.534. The molecular weight excluding hydrogens is 422 g/mol. The molecule has 4 rings (SSSR count). The Morgan fingerprint density at radius 3 is 2.93 bits per heavy atom. The van der Waals surface area contributed by atoms with Crippen molar-refractivity contribution in [3.05, 3.63) is 69.2 Å². The number of amides is 1. The van der Waals surface area contributed by atoms with Gasteiger partial charge in [0.15, 0.2) is 0 Å². The molecule has 27 heavy (non-hydrogen) atoms. The number of aromatic nitrogens is 2. The van der Waals surface area contributed by atoms with E-state index in [4.69, 9.17) is 0 Å². The van der Waals surface area contributed by atoms with Crippen LogP contribution in [0.15, 0.2) is 58.6 Å². The Labute approximate surface area is 171 Å². The molecule has 1 aromatic carbocycles. The molecule has 1 aliphatic rings. The van der Waals surface area contributed by atoms with Gasteiger partial charge in [0.25, 0.3) is 0 Å². The lowest BCUT2D eigenvalue weighted by molar-refractivity contribution is -0.122. The summed E-state index contributed by atoms with van der Waals surface area (Å²) in [7, 11) is 0. The molecule has 6 heteroatoms. The molecule has 2 atom stereocenters. The van der Waals surface area contributed by atoms with E-state index in [1.165, 1.54) is 5.56 Å². The van der Waals surface area contributed by atoms with Gasteiger partial charge in [-0.15, -0.1) is 11.3 Å². The van der Waals surface area contributed by atoms with Crippen LogP contribution in [0.4, 0.5) is 0 Å². The SMILES string of the molecule is O=C(NCCCc1nc(-c2ccncc2)cs1)C1CC1c1cccc(Br)c1. The highest BCUT2D eigenvalue weighted by molar-refractivity contribution is 9.10. The standard InChI is InChI=1S/C21H20BrN3OS/c22-16-4-1-3-15(11-16)17-12-18(17)21(26)24-8-2-5-20-25-19(13-27-20)14-6-9-23-10-7-14/h1,3-4,6-7,9-11,13,17-18H,2,5,8,12H2,(H,24,26). The van der Waals surface area contributed by atoms with Gasteiger partial charge < -0.3 is 5.32 Å². The molecule has 2 aromatic heterocycles. The van der Waals surface area contributed by atoms with E-state index in [1.807, 2.05) is 24.3 Å². The van der Waals surface area contributed by atoms with Gasteiger partial charge in [-0.2, -0.15) is 0 Å². The van der Waals surface area contributed by atoms with Gasteiger partial charge in [0.2, 0.25) is 5.91 Å². The van der Waals surface area contributed by atoms with Crippen LogP contribution in [-0.2, 0) is 11.2 Å². The number of nitrogens with one attached hydrogen (secondary N) is 1. The number of hydrogen-bond donors (Lipinski definition) is 1. The lowest BCUT2D eigenvalue weighted by atomic mass is 10.1. The predicted molar refractivity (Wildman–Crippen MR) is 112 cm³/mol. The lowest BCUT2D eigenvalue weighted by Crippen LogP contribution is -2.26. The van der Waals surface area contributed by atoms with Crippen molar-refractivity contribution in [2.75, 3.05) is 6.54 Å². The first-order valence-electron chi connectivity index (χ1n) is 9.08. The summed E-state index contributed by atoms with van der Waals surface area (Å²) in [6, 6.07) is 12.2. The van der Waals surface area contributed by atoms with Crippen LogP contribution in [0.5, 0.6) is 0 Å². The van der Waals surface area contributed by atoms with Gasteiger partial charge in [-0.25, -0.2) is 4.98 Å². The lowest BCUT2D eigenvalue weighted by Gasteiger charge is -2.05. The molecule has 138 valence electrons. The van der Waals surface area contributed by atoms with E-state index in [2.05, 4.69) is 48.7 Å². The largest absolute Gasteiger partial charge is 0.356 e. The van der Waals surface area contributed by atoms with Gasteiger partial charge in [0.05, 0.1) is 10.7 Å². The number of carbonyl (C=O) groups excluding carboxylic acids is 1. The molecule has 4 nitrogen and oxygen atoms in total. The van der Waals surface area contributed by atoms with E-state index in [9.17, 15) is 4.79 Å². The van der Waals surface area contributed by atoms with E-state index >= 15 is 0 Å². The second kappa shape index (κ2) is 8.31. The monoisotopic (exact) mass is 441 g/mol. The number of pyridine rings is 1. The van der Waals surface area contributed by atoms with Crippen molar-refractivity contribution in [3.63, 3.8) is 0 Å². The highest BCUT2D eigenvalue weighted by Gasteiger charge is 2.43. The number of rotatable bonds is 7. The summed E-state index contributed by atoms with van der Waals surface area (Å²) in [5.74, 6) is 0.665. The Morgan fingerprint density at radius 1 is 1.26 bits per heavy atom. The molecule has 0 radical (unpaired) electrons. The van der Waals surface area contributed by atoms with Crippen LogP contribution < -0.4 is 5.32 Å². The third-order valence-corrected chi connectivity index (χ3v) is 6.20. The Kier molecular flexibility index (Phi) is 5.64. The van der Waals surface area contributed by atoms with Crippen molar-refractivity contribution in [1.29, 1.82) is 0 Å². The van der Waals surface area contributed by atoms with Gasteiger partial charge in [-0.3, -0.25) is 9.78 Å². The normalized spacial score (nSPS) is 18.3. The third kappa shape index (κ3) is 4.62. The minimum atomic E-state index is 0.123. The van der Waals surface area contributed by atoms with Gasteiger partial charge in [-0.05, 0) is 48.6 Å².